The van der Waals surface area contributed by atoms with Crippen LogP contribution in [0, 0.1) is 13.8 Å². The number of hydrogen-bond donors (Lipinski definition) is 1. The molecule has 1 aromatic rings. The molecule has 1 heterocycles. The zero-order valence-electron chi connectivity index (χ0n) is 9.77. The van der Waals surface area contributed by atoms with Gasteiger partial charge in [-0.15, -0.1) is 11.3 Å². The van der Waals surface area contributed by atoms with Crippen LogP contribution in [0.15, 0.2) is 0 Å². The molecule has 0 atom stereocenters. The molecule has 0 bridgehead atoms. The van der Waals surface area contributed by atoms with E-state index < -0.39 is 18.1 Å². The maximum absolute atomic E-state index is 12.1. The lowest BCUT2D eigenvalue weighted by atomic mass is 10.1. The van der Waals surface area contributed by atoms with Crippen LogP contribution in [0.3, 0.4) is 0 Å². The maximum atomic E-state index is 12.1. The summed E-state index contributed by atoms with van der Waals surface area (Å²) in [7, 11) is 1.12. The molecule has 18 heavy (non-hydrogen) atoms. The molecule has 1 amide bonds. The molecular formula is C10H10F3NO3S. The van der Waals surface area contributed by atoms with Crippen LogP contribution in [-0.4, -0.2) is 25.2 Å². The molecule has 100 valence electrons. The van der Waals surface area contributed by atoms with Gasteiger partial charge in [-0.1, -0.05) is 0 Å². The summed E-state index contributed by atoms with van der Waals surface area (Å²) in [6, 6.07) is 0. The van der Waals surface area contributed by atoms with E-state index in [0.717, 1.165) is 18.4 Å². The predicted molar refractivity (Wildman–Crippen MR) is 59.8 cm³/mol. The molecule has 0 aliphatic rings. The van der Waals surface area contributed by atoms with Crippen LogP contribution >= 0.6 is 11.3 Å². The lowest BCUT2D eigenvalue weighted by molar-refractivity contribution is -0.167. The maximum Gasteiger partial charge on any atom is 0.471 e. The van der Waals surface area contributed by atoms with Crippen molar-refractivity contribution in [2.75, 3.05) is 12.4 Å². The molecule has 8 heteroatoms. The number of thiophene rings is 1. The normalized spacial score (nSPS) is 11.2. The number of esters is 1. The van der Waals surface area contributed by atoms with Crippen molar-refractivity contribution in [2.24, 2.45) is 0 Å². The second-order valence-electron chi connectivity index (χ2n) is 3.43. The van der Waals surface area contributed by atoms with Gasteiger partial charge in [-0.25, -0.2) is 4.79 Å². The first-order chi connectivity index (χ1) is 8.18. The number of ether oxygens (including phenoxy) is 1. The molecule has 0 unspecified atom stereocenters. The van der Waals surface area contributed by atoms with E-state index in [1.165, 1.54) is 0 Å². The standard InChI is InChI=1S/C10H10F3NO3S/c1-4-5(2)18-7(6(4)8(15)17-3)14-9(16)10(11,12)13/h1-3H3,(H,14,16). The Morgan fingerprint density at radius 2 is 1.83 bits per heavy atom. The first-order valence-electron chi connectivity index (χ1n) is 4.75. The Kier molecular flexibility index (Phi) is 4.00. The molecule has 1 rings (SSSR count). The van der Waals surface area contributed by atoms with Gasteiger partial charge in [0, 0.05) is 4.88 Å². The summed E-state index contributed by atoms with van der Waals surface area (Å²) in [6.07, 6.45) is -5.00. The van der Waals surface area contributed by atoms with Crippen LogP contribution in [0.5, 0.6) is 0 Å². The predicted octanol–water partition coefficient (Wildman–Crippen LogP) is 2.65. The smallest absolute Gasteiger partial charge is 0.465 e. The molecule has 0 aliphatic heterocycles. The van der Waals surface area contributed by atoms with Gasteiger partial charge >= 0.3 is 18.1 Å². The van der Waals surface area contributed by atoms with Crippen LogP contribution in [0.25, 0.3) is 0 Å². The fourth-order valence-electron chi connectivity index (χ4n) is 1.24. The average molecular weight is 281 g/mol. The summed E-state index contributed by atoms with van der Waals surface area (Å²) in [5.41, 5.74) is 0.446. The lowest BCUT2D eigenvalue weighted by Gasteiger charge is -2.08. The molecule has 0 fully saturated rings. The van der Waals surface area contributed by atoms with Crippen LogP contribution in [0.4, 0.5) is 18.2 Å². The van der Waals surface area contributed by atoms with Gasteiger partial charge in [0.2, 0.25) is 0 Å². The summed E-state index contributed by atoms with van der Waals surface area (Å²) in [6.45, 7) is 3.21. The van der Waals surface area contributed by atoms with Crippen molar-refractivity contribution in [1.82, 2.24) is 0 Å². The van der Waals surface area contributed by atoms with Crippen molar-refractivity contribution in [3.8, 4) is 0 Å². The Bertz CT molecular complexity index is 493. The van der Waals surface area contributed by atoms with E-state index in [4.69, 9.17) is 0 Å². The first-order valence-corrected chi connectivity index (χ1v) is 5.56. The molecule has 0 aliphatic carbocycles. The summed E-state index contributed by atoms with van der Waals surface area (Å²) in [5.74, 6) is -2.90. The number of aryl methyl sites for hydroxylation is 1. The van der Waals surface area contributed by atoms with Crippen LogP contribution in [0.2, 0.25) is 0 Å². The number of nitrogens with one attached hydrogen (secondary N) is 1. The number of rotatable bonds is 2. The third-order valence-electron chi connectivity index (χ3n) is 2.26. The van der Waals surface area contributed by atoms with Gasteiger partial charge in [0.15, 0.2) is 0 Å². The molecular weight excluding hydrogens is 271 g/mol. The number of anilines is 1. The van der Waals surface area contributed by atoms with Crippen molar-refractivity contribution >= 4 is 28.2 Å². The Morgan fingerprint density at radius 1 is 1.28 bits per heavy atom. The van der Waals surface area contributed by atoms with Gasteiger partial charge in [0.05, 0.1) is 12.7 Å². The minimum atomic E-state index is -5.00. The number of alkyl halides is 3. The van der Waals surface area contributed by atoms with Crippen LogP contribution in [-0.2, 0) is 9.53 Å². The number of methoxy groups -OCH3 is 1. The molecule has 1 aromatic heterocycles. The second-order valence-corrected chi connectivity index (χ2v) is 4.66. The Morgan fingerprint density at radius 3 is 2.28 bits per heavy atom. The number of carbonyl (C=O) groups is 2. The van der Waals surface area contributed by atoms with Gasteiger partial charge in [0.25, 0.3) is 0 Å². The molecule has 0 aromatic carbocycles. The van der Waals surface area contributed by atoms with E-state index in [1.807, 2.05) is 0 Å². The average Bonchev–Trinajstić information content (AvgIpc) is 2.52. The number of hydrogen-bond acceptors (Lipinski definition) is 4. The Balaban J connectivity index is 3.14. The molecule has 4 nitrogen and oxygen atoms in total. The van der Waals surface area contributed by atoms with E-state index in [0.29, 0.717) is 10.4 Å². The largest absolute Gasteiger partial charge is 0.471 e. The fourth-order valence-corrected chi connectivity index (χ4v) is 2.28. The van der Waals surface area contributed by atoms with E-state index in [1.54, 1.807) is 19.2 Å². The summed E-state index contributed by atoms with van der Waals surface area (Å²) < 4.78 is 40.9. The molecule has 0 saturated carbocycles. The summed E-state index contributed by atoms with van der Waals surface area (Å²) in [4.78, 5) is 22.9. The van der Waals surface area contributed by atoms with Crippen molar-refractivity contribution in [2.45, 2.75) is 20.0 Å². The van der Waals surface area contributed by atoms with Crippen molar-refractivity contribution < 1.29 is 27.5 Å². The van der Waals surface area contributed by atoms with Gasteiger partial charge in [-0.3, -0.25) is 4.79 Å². The minimum absolute atomic E-state index is 0.0439. The summed E-state index contributed by atoms with van der Waals surface area (Å²) in [5, 5.41) is 1.53. The molecule has 1 N–H and O–H groups in total. The van der Waals surface area contributed by atoms with E-state index in [-0.39, 0.29) is 10.6 Å². The Hall–Kier alpha value is -1.57. The second kappa shape index (κ2) is 4.97. The zero-order valence-corrected chi connectivity index (χ0v) is 10.6. The summed E-state index contributed by atoms with van der Waals surface area (Å²) >= 11 is 0.896. The number of amides is 1. The van der Waals surface area contributed by atoms with Gasteiger partial charge in [-0.05, 0) is 19.4 Å². The molecule has 0 spiro atoms. The SMILES string of the molecule is COC(=O)c1c(NC(=O)C(F)(F)F)sc(C)c1C. The molecule has 0 saturated heterocycles. The van der Waals surface area contributed by atoms with Gasteiger partial charge in [-0.2, -0.15) is 13.2 Å². The third-order valence-corrected chi connectivity index (χ3v) is 3.38. The van der Waals surface area contributed by atoms with Crippen molar-refractivity contribution in [3.63, 3.8) is 0 Å². The number of carbonyl (C=O) groups excluding carboxylic acids is 2. The first kappa shape index (κ1) is 14.5. The highest BCUT2D eigenvalue weighted by molar-refractivity contribution is 7.16. The zero-order chi connectivity index (χ0) is 14.1. The Labute approximate surface area is 105 Å². The van der Waals surface area contributed by atoms with Gasteiger partial charge < -0.3 is 10.1 Å². The minimum Gasteiger partial charge on any atom is -0.465 e. The third kappa shape index (κ3) is 2.81. The van der Waals surface area contributed by atoms with Crippen molar-refractivity contribution in [1.29, 1.82) is 0 Å². The highest BCUT2D eigenvalue weighted by Gasteiger charge is 2.39. The van der Waals surface area contributed by atoms with Crippen LogP contribution < -0.4 is 5.32 Å². The highest BCUT2D eigenvalue weighted by Crippen LogP contribution is 2.33. The van der Waals surface area contributed by atoms with Crippen molar-refractivity contribution in [3.05, 3.63) is 16.0 Å². The lowest BCUT2D eigenvalue weighted by Crippen LogP contribution is -2.30. The van der Waals surface area contributed by atoms with E-state index in [9.17, 15) is 22.8 Å². The van der Waals surface area contributed by atoms with E-state index >= 15 is 0 Å². The topological polar surface area (TPSA) is 55.4 Å². The van der Waals surface area contributed by atoms with Gasteiger partial charge in [0.1, 0.15) is 5.00 Å². The number of halogens is 3. The molecule has 0 radical (unpaired) electrons. The fraction of sp³-hybridized carbons (Fsp3) is 0.400. The van der Waals surface area contributed by atoms with Crippen LogP contribution in [0.1, 0.15) is 20.8 Å². The monoisotopic (exact) mass is 281 g/mol. The van der Waals surface area contributed by atoms with E-state index in [2.05, 4.69) is 4.74 Å². The highest BCUT2D eigenvalue weighted by atomic mass is 32.1. The quantitative estimate of drug-likeness (QED) is 0.848.